The summed E-state index contributed by atoms with van der Waals surface area (Å²) in [5.41, 5.74) is 0. The molecule has 0 saturated carbocycles. The van der Waals surface area contributed by atoms with Crippen LogP contribution in [0.3, 0.4) is 0 Å². The molecule has 0 fully saturated rings. The van der Waals surface area contributed by atoms with Gasteiger partial charge in [0.15, 0.2) is 0 Å². The van der Waals surface area contributed by atoms with Crippen LogP contribution < -0.4 is 26.0 Å². The molecule has 62 valence electrons. The van der Waals surface area contributed by atoms with Crippen LogP contribution in [0.2, 0.25) is 0 Å². The van der Waals surface area contributed by atoms with Crippen LogP contribution in [0, 0.1) is 0 Å². The topological polar surface area (TPSA) is 60.1 Å². The summed E-state index contributed by atoms with van der Waals surface area (Å²) in [6, 6.07) is 1.55. The highest BCUT2D eigenvalue weighted by Crippen LogP contribution is 1.67. The first-order valence-corrected chi connectivity index (χ1v) is 3.53. The Morgan fingerprint density at radius 1 is 1.45 bits per heavy atom. The van der Waals surface area contributed by atoms with Crippen LogP contribution >= 0.6 is 0 Å². The Bertz CT molecular complexity index is 268. The van der Waals surface area contributed by atoms with Crippen LogP contribution in [-0.2, 0) is 11.0 Å². The van der Waals surface area contributed by atoms with Crippen molar-refractivity contribution < 1.29 is 34.4 Å². The van der Waals surface area contributed by atoms with Gasteiger partial charge >= 0.3 is 17.3 Å². The highest BCUT2D eigenvalue weighted by Gasteiger charge is 1.94. The number of rotatable bonds is 2. The molecular weight excluding hydrogens is 236 g/mol. The summed E-state index contributed by atoms with van der Waals surface area (Å²) < 4.78 is 25.1. The van der Waals surface area contributed by atoms with Crippen LogP contribution in [0.15, 0.2) is 24.8 Å². The molecule has 0 aromatic carbocycles. The number of thiol groups is 1. The van der Waals surface area contributed by atoms with Crippen molar-refractivity contribution in [2.75, 3.05) is 0 Å². The quantitative estimate of drug-likeness (QED) is 0.417. The number of hydrogen-bond acceptors (Lipinski definition) is 4. The highest BCUT2D eigenvalue weighted by atomic mass is 79.9. The molecule has 11 heavy (non-hydrogen) atoms. The first kappa shape index (κ1) is 10.3. The molecule has 7 heteroatoms. The molecule has 0 aliphatic rings. The molecule has 0 amide bonds. The summed E-state index contributed by atoms with van der Waals surface area (Å²) in [6.45, 7) is 0. The fourth-order valence-electron chi connectivity index (χ4n) is 0.441. The van der Waals surface area contributed by atoms with Crippen molar-refractivity contribution in [3.8, 4) is 0 Å². The molecule has 1 aromatic rings. The van der Waals surface area contributed by atoms with Gasteiger partial charge in [-0.3, -0.25) is 0 Å². The molecule has 0 saturated heterocycles. The lowest BCUT2D eigenvalue weighted by Gasteiger charge is -1.86. The van der Waals surface area contributed by atoms with E-state index < -0.39 is 11.0 Å². The third kappa shape index (κ3) is 3.89. The molecule has 1 aromatic heterocycles. The predicted octanol–water partition coefficient (Wildman–Crippen LogP) is -4.67. The number of halogens is 1. The average molecular weight is 241 g/mol. The fourth-order valence-corrected chi connectivity index (χ4v) is 0.692. The van der Waals surface area contributed by atoms with E-state index in [2.05, 4.69) is 9.27 Å². The van der Waals surface area contributed by atoms with Gasteiger partial charge in [-0.25, -0.2) is 4.28 Å². The number of nitrogens with zero attached hydrogens (tertiary/aromatic N) is 2. The van der Waals surface area contributed by atoms with Gasteiger partial charge < -0.3 is 17.0 Å². The maximum atomic E-state index is 9.93. The molecule has 0 radical (unpaired) electrons. The highest BCUT2D eigenvalue weighted by molar-refractivity contribution is 7.67. The van der Waals surface area contributed by atoms with E-state index in [9.17, 15) is 8.42 Å². The molecule has 0 atom stereocenters. The van der Waals surface area contributed by atoms with E-state index in [1.54, 1.807) is 6.07 Å². The van der Waals surface area contributed by atoms with Crippen LogP contribution in [0.1, 0.15) is 0 Å². The third-order valence-electron chi connectivity index (χ3n) is 0.747. The van der Waals surface area contributed by atoms with Gasteiger partial charge in [-0.1, -0.05) is 4.98 Å². The van der Waals surface area contributed by atoms with Gasteiger partial charge in [0.05, 0.1) is 0 Å². The van der Waals surface area contributed by atoms with Crippen molar-refractivity contribution in [2.45, 2.75) is 0 Å². The summed E-state index contributed by atoms with van der Waals surface area (Å²) in [6.07, 6.45) is 4.18. The van der Waals surface area contributed by atoms with Gasteiger partial charge in [0.2, 0.25) is 0 Å². The van der Waals surface area contributed by atoms with Crippen LogP contribution in [0.5, 0.6) is 0 Å². The second-order valence-electron chi connectivity index (χ2n) is 1.42. The summed E-state index contributed by atoms with van der Waals surface area (Å²) in [7, 11) is -2.85. The van der Waals surface area contributed by atoms with Gasteiger partial charge in [0.25, 0.3) is 0 Å². The average Bonchev–Trinajstić information content (AvgIpc) is 1.88. The molecule has 1 rings (SSSR count). The van der Waals surface area contributed by atoms with E-state index in [0.29, 0.717) is 0 Å². The van der Waals surface area contributed by atoms with Crippen molar-refractivity contribution >= 4 is 11.0 Å². The van der Waals surface area contributed by atoms with Crippen molar-refractivity contribution in [1.82, 2.24) is 4.98 Å². The van der Waals surface area contributed by atoms with Gasteiger partial charge in [0, 0.05) is 6.07 Å². The lowest BCUT2D eigenvalue weighted by Crippen LogP contribution is -3.00. The fraction of sp³-hybridized carbons (Fsp3) is 0. The standard InChI is InChI=1S/C4H5N2O3S.BrH/c7-10(8)9-6-3-1-2-5-4-6;/h1-4,10H;1H/q+1;/p-1. The minimum Gasteiger partial charge on any atom is -1.00 e. The van der Waals surface area contributed by atoms with E-state index in [-0.39, 0.29) is 17.0 Å². The summed E-state index contributed by atoms with van der Waals surface area (Å²) in [4.78, 5) is 3.61. The minimum atomic E-state index is -2.85. The smallest absolute Gasteiger partial charge is 0.338 e. The second kappa shape index (κ2) is 5.03. The van der Waals surface area contributed by atoms with Gasteiger partial charge in [-0.2, -0.15) is 8.42 Å². The first-order valence-electron chi connectivity index (χ1n) is 2.43. The van der Waals surface area contributed by atoms with E-state index >= 15 is 0 Å². The molecule has 5 nitrogen and oxygen atoms in total. The van der Waals surface area contributed by atoms with Crippen molar-refractivity contribution in [2.24, 2.45) is 0 Å². The van der Waals surface area contributed by atoms with Gasteiger partial charge in [-0.15, -0.1) is 0 Å². The minimum absolute atomic E-state index is 0. The Morgan fingerprint density at radius 3 is 2.64 bits per heavy atom. The SMILES string of the molecule is O=[SH](=O)O[n+]1cccnc1.[Br-]. The largest absolute Gasteiger partial charge is 1.00 e. The van der Waals surface area contributed by atoms with E-state index in [4.69, 9.17) is 0 Å². The van der Waals surface area contributed by atoms with Gasteiger partial charge in [0.1, 0.15) is 12.4 Å². The molecule has 0 aliphatic heterocycles. The zero-order valence-electron chi connectivity index (χ0n) is 5.25. The number of hydrogen-bond donors (Lipinski definition) is 1. The zero-order chi connectivity index (χ0) is 7.40. The number of aromatic nitrogens is 2. The van der Waals surface area contributed by atoms with Crippen molar-refractivity contribution in [3.05, 3.63) is 24.8 Å². The molecule has 0 aliphatic carbocycles. The van der Waals surface area contributed by atoms with Crippen molar-refractivity contribution in [1.29, 1.82) is 0 Å². The maximum Gasteiger partial charge on any atom is 0.338 e. The Hall–Kier alpha value is -0.690. The van der Waals surface area contributed by atoms with Gasteiger partial charge in [-0.05, 0) is 4.73 Å². The third-order valence-corrected chi connectivity index (χ3v) is 1.07. The maximum absolute atomic E-state index is 9.93. The van der Waals surface area contributed by atoms with Crippen LogP contribution in [-0.4, -0.2) is 13.4 Å². The second-order valence-corrected chi connectivity index (χ2v) is 2.03. The molecule has 0 N–H and O–H groups in total. The van der Waals surface area contributed by atoms with E-state index in [1.807, 2.05) is 0 Å². The van der Waals surface area contributed by atoms with Crippen LogP contribution in [0.25, 0.3) is 0 Å². The van der Waals surface area contributed by atoms with Crippen LogP contribution in [0.4, 0.5) is 0 Å². The molecule has 0 unspecified atom stereocenters. The van der Waals surface area contributed by atoms with Crippen molar-refractivity contribution in [3.63, 3.8) is 0 Å². The Balaban J connectivity index is 0.000001000. The summed E-state index contributed by atoms with van der Waals surface area (Å²) in [5, 5.41) is 0. The normalized spacial score (nSPS) is 8.82. The molecule has 1 heterocycles. The zero-order valence-corrected chi connectivity index (χ0v) is 7.73. The molecule has 0 bridgehead atoms. The Labute approximate surface area is 75.5 Å². The Kier molecular flexibility index (Phi) is 4.71. The van der Waals surface area contributed by atoms with E-state index in [1.165, 1.54) is 18.7 Å². The lowest BCUT2D eigenvalue weighted by molar-refractivity contribution is -0.857. The van der Waals surface area contributed by atoms with E-state index in [0.717, 1.165) is 4.73 Å². The Morgan fingerprint density at radius 2 is 2.18 bits per heavy atom. The summed E-state index contributed by atoms with van der Waals surface area (Å²) in [5.74, 6) is 0. The molecular formula is C4H5BrN2O3S. The monoisotopic (exact) mass is 240 g/mol. The molecule has 0 spiro atoms. The lowest BCUT2D eigenvalue weighted by atomic mass is 10.7. The first-order chi connectivity index (χ1) is 4.79. The predicted molar refractivity (Wildman–Crippen MR) is 31.3 cm³/mol. The summed E-state index contributed by atoms with van der Waals surface area (Å²) >= 11 is 0.